The van der Waals surface area contributed by atoms with Gasteiger partial charge in [-0.15, -0.1) is 0 Å². The van der Waals surface area contributed by atoms with Crippen molar-refractivity contribution in [3.63, 3.8) is 0 Å². The van der Waals surface area contributed by atoms with Gasteiger partial charge in [0.25, 0.3) is 0 Å². The molecule has 3 aliphatic heterocycles. The van der Waals surface area contributed by atoms with Crippen LogP contribution in [0.3, 0.4) is 0 Å². The highest BCUT2D eigenvalue weighted by Crippen LogP contribution is 2.40. The summed E-state index contributed by atoms with van der Waals surface area (Å²) in [6, 6.07) is 12.7. The maximum atomic E-state index is 12.5. The maximum Gasteiger partial charge on any atom is 0.247 e. The highest BCUT2D eigenvalue weighted by atomic mass is 16.5. The van der Waals surface area contributed by atoms with Crippen LogP contribution in [0.4, 0.5) is 28.6 Å². The fourth-order valence-electron chi connectivity index (χ4n) is 6.53. The minimum absolute atomic E-state index is 0.278. The van der Waals surface area contributed by atoms with Gasteiger partial charge in [0.05, 0.1) is 49.1 Å². The molecule has 1 amide bonds. The number of benzene rings is 2. The lowest BCUT2D eigenvalue weighted by atomic mass is 10.0. The van der Waals surface area contributed by atoms with Gasteiger partial charge in [-0.1, -0.05) is 18.7 Å². The van der Waals surface area contributed by atoms with E-state index in [2.05, 4.69) is 47.2 Å². The van der Waals surface area contributed by atoms with E-state index >= 15 is 0 Å². The smallest absolute Gasteiger partial charge is 0.247 e. The number of aromatic nitrogens is 2. The SMILES string of the molecule is C=CC(=O)Nc1cc(Nc2cc(-c3ccc(C=N)c(NC)c3)ncn2)c(OC)cc1N1CCC(N2CCN(C3COC3)CC2)CC1. The monoisotopic (exact) mass is 625 g/mol. The Balaban J connectivity index is 1.19. The van der Waals surface area contributed by atoms with Crippen molar-refractivity contribution in [2.75, 3.05) is 87.5 Å². The first-order chi connectivity index (χ1) is 22.5. The topological polar surface area (TPSA) is 131 Å². The molecule has 46 heavy (non-hydrogen) atoms. The first kappa shape index (κ1) is 31.5. The van der Waals surface area contributed by atoms with E-state index in [1.807, 2.05) is 43.4 Å². The third-order valence-corrected chi connectivity index (χ3v) is 9.27. The van der Waals surface area contributed by atoms with Gasteiger partial charge in [0.1, 0.15) is 17.9 Å². The number of nitrogens with zero attached hydrogens (tertiary/aromatic N) is 5. The Morgan fingerprint density at radius 1 is 0.978 bits per heavy atom. The maximum absolute atomic E-state index is 12.5. The fraction of sp³-hybridized carbons (Fsp3) is 0.412. The van der Waals surface area contributed by atoms with E-state index in [1.54, 1.807) is 7.11 Å². The van der Waals surface area contributed by atoms with Gasteiger partial charge in [-0.2, -0.15) is 0 Å². The minimum atomic E-state index is -0.278. The zero-order valence-electron chi connectivity index (χ0n) is 26.6. The van der Waals surface area contributed by atoms with Crippen LogP contribution in [0.1, 0.15) is 18.4 Å². The van der Waals surface area contributed by atoms with Crippen LogP contribution in [-0.4, -0.2) is 111 Å². The van der Waals surface area contributed by atoms with E-state index in [0.717, 1.165) is 93.5 Å². The van der Waals surface area contributed by atoms with Gasteiger partial charge in [0.15, 0.2) is 0 Å². The second-order valence-electron chi connectivity index (χ2n) is 11.9. The van der Waals surface area contributed by atoms with Crippen molar-refractivity contribution in [2.45, 2.75) is 24.9 Å². The standard InChI is InChI=1S/C34H43N9O3/c1-4-34(44)40-29-16-30(39-33-17-28(37-22-38-33)23-5-6-24(19-35)27(15-23)36-2)32(45-3)18-31(29)43-9-7-25(8-10-43)41-11-13-42(14-12-41)26-20-46-21-26/h4-6,15-19,22,25-26,35-36H,1,7-14,20-21H2,2-3H3,(H,40,44)(H,37,38,39). The number of ether oxygens (including phenoxy) is 2. The summed E-state index contributed by atoms with van der Waals surface area (Å²) in [5.74, 6) is 0.933. The summed E-state index contributed by atoms with van der Waals surface area (Å²) >= 11 is 0. The van der Waals surface area contributed by atoms with Crippen molar-refractivity contribution in [1.29, 1.82) is 5.41 Å². The molecule has 0 spiro atoms. The molecular formula is C34H43N9O3. The molecule has 0 bridgehead atoms. The lowest BCUT2D eigenvalue weighted by molar-refractivity contribution is -0.111. The molecule has 0 radical (unpaired) electrons. The number of carbonyl (C=O) groups excluding carboxylic acids is 1. The first-order valence-corrected chi connectivity index (χ1v) is 15.9. The highest BCUT2D eigenvalue weighted by molar-refractivity contribution is 6.02. The molecule has 2 aromatic carbocycles. The van der Waals surface area contributed by atoms with Crippen molar-refractivity contribution in [2.24, 2.45) is 0 Å². The van der Waals surface area contributed by atoms with Crippen molar-refractivity contribution < 1.29 is 14.3 Å². The minimum Gasteiger partial charge on any atom is -0.494 e. The highest BCUT2D eigenvalue weighted by Gasteiger charge is 2.33. The van der Waals surface area contributed by atoms with Crippen LogP contribution in [-0.2, 0) is 9.53 Å². The van der Waals surface area contributed by atoms with Crippen LogP contribution in [0.2, 0.25) is 0 Å². The Hall–Kier alpha value is -4.52. The number of methoxy groups -OCH3 is 1. The van der Waals surface area contributed by atoms with Crippen LogP contribution in [0.15, 0.2) is 55.4 Å². The van der Waals surface area contributed by atoms with Crippen LogP contribution in [0.5, 0.6) is 5.75 Å². The molecule has 3 aromatic rings. The number of hydrogen-bond donors (Lipinski definition) is 4. The summed E-state index contributed by atoms with van der Waals surface area (Å²) in [5.41, 5.74) is 5.50. The molecule has 0 aliphatic carbocycles. The summed E-state index contributed by atoms with van der Waals surface area (Å²) in [6.07, 6.45) is 6.22. The van der Waals surface area contributed by atoms with Gasteiger partial charge in [0, 0.05) is 87.5 Å². The Bertz CT molecular complexity index is 1560. The van der Waals surface area contributed by atoms with E-state index < -0.39 is 0 Å². The third-order valence-electron chi connectivity index (χ3n) is 9.27. The molecule has 12 nitrogen and oxygen atoms in total. The lowest BCUT2D eigenvalue weighted by Gasteiger charge is -2.46. The molecule has 3 saturated heterocycles. The Labute approximate surface area is 270 Å². The number of carbonyl (C=O) groups is 1. The molecule has 3 aliphatic rings. The first-order valence-electron chi connectivity index (χ1n) is 15.9. The van der Waals surface area contributed by atoms with E-state index in [1.165, 1.54) is 18.6 Å². The van der Waals surface area contributed by atoms with E-state index in [0.29, 0.717) is 35.0 Å². The molecule has 12 heteroatoms. The molecule has 4 heterocycles. The molecule has 1 aromatic heterocycles. The van der Waals surface area contributed by atoms with Crippen molar-refractivity contribution in [3.8, 4) is 17.0 Å². The number of piperazine rings is 1. The molecule has 4 N–H and O–H groups in total. The molecular weight excluding hydrogens is 582 g/mol. The van der Waals surface area contributed by atoms with Gasteiger partial charge in [-0.05, 0) is 31.1 Å². The average molecular weight is 626 g/mol. The summed E-state index contributed by atoms with van der Waals surface area (Å²) < 4.78 is 11.2. The summed E-state index contributed by atoms with van der Waals surface area (Å²) in [4.78, 5) is 29.0. The zero-order valence-corrected chi connectivity index (χ0v) is 26.6. The second kappa shape index (κ2) is 14.3. The van der Waals surface area contributed by atoms with E-state index in [9.17, 15) is 4.79 Å². The van der Waals surface area contributed by atoms with Crippen LogP contribution in [0, 0.1) is 5.41 Å². The quantitative estimate of drug-likeness (QED) is 0.183. The summed E-state index contributed by atoms with van der Waals surface area (Å²) in [6.45, 7) is 11.6. The number of hydrogen-bond acceptors (Lipinski definition) is 11. The molecule has 3 fully saturated rings. The average Bonchev–Trinajstić information content (AvgIpc) is 3.08. The van der Waals surface area contributed by atoms with E-state index in [-0.39, 0.29) is 5.91 Å². The van der Waals surface area contributed by atoms with Crippen molar-refractivity contribution in [3.05, 3.63) is 60.9 Å². The van der Waals surface area contributed by atoms with Gasteiger partial charge in [-0.25, -0.2) is 9.97 Å². The van der Waals surface area contributed by atoms with Crippen LogP contribution < -0.4 is 25.6 Å². The largest absolute Gasteiger partial charge is 0.494 e. The van der Waals surface area contributed by atoms with Gasteiger partial charge >= 0.3 is 0 Å². The number of piperidine rings is 1. The number of anilines is 5. The van der Waals surface area contributed by atoms with Crippen molar-refractivity contribution in [1.82, 2.24) is 19.8 Å². The van der Waals surface area contributed by atoms with Gasteiger partial charge in [-0.3, -0.25) is 14.6 Å². The van der Waals surface area contributed by atoms with Gasteiger partial charge < -0.3 is 35.7 Å². The summed E-state index contributed by atoms with van der Waals surface area (Å²) in [7, 11) is 3.47. The third kappa shape index (κ3) is 6.84. The number of amides is 1. The lowest BCUT2D eigenvalue weighted by Crippen LogP contribution is -2.59. The Kier molecular flexibility index (Phi) is 9.76. The van der Waals surface area contributed by atoms with Crippen LogP contribution >= 0.6 is 0 Å². The van der Waals surface area contributed by atoms with Gasteiger partial charge in [0.2, 0.25) is 5.91 Å². The number of nitrogens with one attached hydrogen (secondary N) is 4. The fourth-order valence-corrected chi connectivity index (χ4v) is 6.53. The zero-order chi connectivity index (χ0) is 32.0. The second-order valence-corrected chi connectivity index (χ2v) is 11.9. The predicted octanol–water partition coefficient (Wildman–Crippen LogP) is 4.04. The van der Waals surface area contributed by atoms with E-state index in [4.69, 9.17) is 14.9 Å². The Morgan fingerprint density at radius 3 is 2.35 bits per heavy atom. The Morgan fingerprint density at radius 2 is 1.72 bits per heavy atom. The molecule has 242 valence electrons. The molecule has 6 rings (SSSR count). The van der Waals surface area contributed by atoms with Crippen LogP contribution in [0.25, 0.3) is 11.3 Å². The predicted molar refractivity (Wildman–Crippen MR) is 183 cm³/mol. The number of rotatable bonds is 11. The normalized spacial score (nSPS) is 18.0. The molecule has 0 unspecified atom stereocenters. The van der Waals surface area contributed by atoms with Crippen molar-refractivity contribution >= 4 is 40.7 Å². The molecule has 0 saturated carbocycles. The summed E-state index contributed by atoms with van der Waals surface area (Å²) in [5, 5.41) is 17.2. The molecule has 0 atom stereocenters.